The molecule has 0 aliphatic rings. The van der Waals surface area contributed by atoms with E-state index in [4.69, 9.17) is 4.42 Å². The first kappa shape index (κ1) is 16.7. The van der Waals surface area contributed by atoms with Gasteiger partial charge in [0.2, 0.25) is 10.0 Å². The number of hydrogen-bond acceptors (Lipinski definition) is 3. The van der Waals surface area contributed by atoms with Crippen LogP contribution >= 0.6 is 0 Å². The van der Waals surface area contributed by atoms with Crippen LogP contribution in [-0.2, 0) is 23.0 Å². The second-order valence-electron chi connectivity index (χ2n) is 5.91. The molecule has 1 aromatic heterocycles. The first-order valence-electron chi connectivity index (χ1n) is 8.00. The zero-order valence-corrected chi connectivity index (χ0v) is 14.5. The van der Waals surface area contributed by atoms with E-state index >= 15 is 0 Å². The molecule has 4 nitrogen and oxygen atoms in total. The Bertz CT molecular complexity index is 868. The van der Waals surface area contributed by atoms with Gasteiger partial charge in [0.1, 0.15) is 11.3 Å². The normalized spacial score (nSPS) is 12.1. The maximum absolute atomic E-state index is 12.4. The molecule has 0 aliphatic heterocycles. The summed E-state index contributed by atoms with van der Waals surface area (Å²) in [4.78, 5) is 0. The molecule has 0 fully saturated rings. The van der Waals surface area contributed by atoms with Crippen molar-refractivity contribution in [2.45, 2.75) is 19.4 Å². The summed E-state index contributed by atoms with van der Waals surface area (Å²) in [5, 5.41) is 0.988. The Morgan fingerprint density at radius 2 is 1.71 bits per heavy atom. The third-order valence-electron chi connectivity index (χ3n) is 4.04. The number of furan rings is 1. The van der Waals surface area contributed by atoms with Gasteiger partial charge in [-0.15, -0.1) is 0 Å². The molecule has 0 saturated carbocycles. The Labute approximate surface area is 142 Å². The molecule has 0 N–H and O–H groups in total. The molecule has 1 heterocycles. The summed E-state index contributed by atoms with van der Waals surface area (Å²) in [6.45, 7) is 0.252. The Morgan fingerprint density at radius 1 is 1.00 bits per heavy atom. The summed E-state index contributed by atoms with van der Waals surface area (Å²) in [5.41, 5.74) is 1.94. The smallest absolute Gasteiger partial charge is 0.214 e. The van der Waals surface area contributed by atoms with E-state index in [9.17, 15) is 8.42 Å². The standard InChI is InChI=1S/C19H21NO3S/c1-20(15-18-14-17-11-5-6-12-19(17)23-18)24(21,22)13-7-10-16-8-3-2-4-9-16/h2-6,8-9,11-12,14H,7,10,13,15H2,1H3. The zero-order chi connectivity index (χ0) is 17.0. The van der Waals surface area contributed by atoms with Crippen LogP contribution in [0.25, 0.3) is 11.0 Å². The van der Waals surface area contributed by atoms with E-state index < -0.39 is 10.0 Å². The van der Waals surface area contributed by atoms with E-state index in [2.05, 4.69) is 0 Å². The number of para-hydroxylation sites is 1. The second-order valence-corrected chi connectivity index (χ2v) is 8.11. The molecule has 0 saturated heterocycles. The Hall–Kier alpha value is -2.11. The van der Waals surface area contributed by atoms with Crippen LogP contribution in [0.1, 0.15) is 17.7 Å². The van der Waals surface area contributed by atoms with Crippen molar-refractivity contribution >= 4 is 21.0 Å². The average Bonchev–Trinajstić information content (AvgIpc) is 2.98. The van der Waals surface area contributed by atoms with Crippen molar-refractivity contribution in [1.29, 1.82) is 0 Å². The lowest BCUT2D eigenvalue weighted by atomic mass is 10.1. The van der Waals surface area contributed by atoms with Gasteiger partial charge in [-0.2, -0.15) is 4.31 Å². The molecule has 0 atom stereocenters. The number of nitrogens with zero attached hydrogens (tertiary/aromatic N) is 1. The van der Waals surface area contributed by atoms with Crippen LogP contribution in [0.2, 0.25) is 0 Å². The first-order chi connectivity index (χ1) is 11.5. The minimum absolute atomic E-state index is 0.138. The number of aryl methyl sites for hydroxylation is 1. The van der Waals surface area contributed by atoms with Crippen molar-refractivity contribution in [1.82, 2.24) is 4.31 Å². The van der Waals surface area contributed by atoms with Gasteiger partial charge in [0.15, 0.2) is 0 Å². The van der Waals surface area contributed by atoms with E-state index in [1.807, 2.05) is 60.7 Å². The number of fused-ring (bicyclic) bond motifs is 1. The highest BCUT2D eigenvalue weighted by Gasteiger charge is 2.19. The minimum Gasteiger partial charge on any atom is -0.460 e. The number of sulfonamides is 1. The van der Waals surface area contributed by atoms with Crippen molar-refractivity contribution in [3.63, 3.8) is 0 Å². The Morgan fingerprint density at radius 3 is 2.46 bits per heavy atom. The molecule has 0 aliphatic carbocycles. The van der Waals surface area contributed by atoms with Gasteiger partial charge in [0.25, 0.3) is 0 Å². The van der Waals surface area contributed by atoms with E-state index in [0.717, 1.165) is 23.0 Å². The third kappa shape index (κ3) is 4.04. The fourth-order valence-electron chi connectivity index (χ4n) is 2.69. The van der Waals surface area contributed by atoms with Crippen LogP contribution in [0.4, 0.5) is 0 Å². The highest BCUT2D eigenvalue weighted by Crippen LogP contribution is 2.20. The second kappa shape index (κ2) is 7.20. The van der Waals surface area contributed by atoms with Crippen molar-refractivity contribution in [3.8, 4) is 0 Å². The van der Waals surface area contributed by atoms with Crippen molar-refractivity contribution in [2.75, 3.05) is 12.8 Å². The summed E-state index contributed by atoms with van der Waals surface area (Å²) in [6, 6.07) is 19.5. The van der Waals surface area contributed by atoms with Crippen molar-refractivity contribution in [2.24, 2.45) is 0 Å². The molecule has 0 radical (unpaired) electrons. The lowest BCUT2D eigenvalue weighted by Crippen LogP contribution is -2.28. The van der Waals surface area contributed by atoms with E-state index in [0.29, 0.717) is 12.2 Å². The summed E-state index contributed by atoms with van der Waals surface area (Å²) >= 11 is 0. The third-order valence-corrected chi connectivity index (χ3v) is 5.92. The maximum atomic E-state index is 12.4. The number of rotatable bonds is 7. The topological polar surface area (TPSA) is 50.5 Å². The zero-order valence-electron chi connectivity index (χ0n) is 13.7. The van der Waals surface area contributed by atoms with Crippen molar-refractivity contribution in [3.05, 3.63) is 72.0 Å². The minimum atomic E-state index is -3.29. The summed E-state index contributed by atoms with van der Waals surface area (Å²) < 4.78 is 31.9. The SMILES string of the molecule is CN(Cc1cc2ccccc2o1)S(=O)(=O)CCCc1ccccc1. The fraction of sp³-hybridized carbons (Fsp3) is 0.263. The molecular weight excluding hydrogens is 322 g/mol. The van der Waals surface area contributed by atoms with Crippen LogP contribution < -0.4 is 0 Å². The predicted molar refractivity (Wildman–Crippen MR) is 96.2 cm³/mol. The van der Waals surface area contributed by atoms with Gasteiger partial charge >= 0.3 is 0 Å². The molecule has 3 rings (SSSR count). The van der Waals surface area contributed by atoms with Gasteiger partial charge in [0.05, 0.1) is 12.3 Å². The maximum Gasteiger partial charge on any atom is 0.214 e. The molecule has 126 valence electrons. The lowest BCUT2D eigenvalue weighted by Gasteiger charge is -2.15. The van der Waals surface area contributed by atoms with Gasteiger partial charge in [-0.25, -0.2) is 8.42 Å². The van der Waals surface area contributed by atoms with E-state index in [1.165, 1.54) is 4.31 Å². The molecule has 24 heavy (non-hydrogen) atoms. The van der Waals surface area contributed by atoms with Crippen LogP contribution in [0, 0.1) is 0 Å². The monoisotopic (exact) mass is 343 g/mol. The quantitative estimate of drug-likeness (QED) is 0.655. The van der Waals surface area contributed by atoms with Gasteiger partial charge in [-0.3, -0.25) is 0 Å². The average molecular weight is 343 g/mol. The summed E-state index contributed by atoms with van der Waals surface area (Å²) in [7, 11) is -1.69. The van der Waals surface area contributed by atoms with E-state index in [1.54, 1.807) is 7.05 Å². The first-order valence-corrected chi connectivity index (χ1v) is 9.61. The van der Waals surface area contributed by atoms with Crippen LogP contribution in [0.3, 0.4) is 0 Å². The van der Waals surface area contributed by atoms with Gasteiger partial charge in [-0.05, 0) is 30.5 Å². The Kier molecular flexibility index (Phi) is 5.02. The molecular formula is C19H21NO3S. The molecule has 3 aromatic rings. The van der Waals surface area contributed by atoms with Crippen LogP contribution in [-0.4, -0.2) is 25.5 Å². The largest absolute Gasteiger partial charge is 0.460 e. The highest BCUT2D eigenvalue weighted by molar-refractivity contribution is 7.89. The lowest BCUT2D eigenvalue weighted by molar-refractivity contribution is 0.417. The van der Waals surface area contributed by atoms with Gasteiger partial charge in [0, 0.05) is 12.4 Å². The summed E-state index contributed by atoms with van der Waals surface area (Å²) in [6.07, 6.45) is 1.37. The van der Waals surface area contributed by atoms with E-state index in [-0.39, 0.29) is 12.3 Å². The van der Waals surface area contributed by atoms with Gasteiger partial charge in [-0.1, -0.05) is 48.5 Å². The number of benzene rings is 2. The molecule has 0 bridgehead atoms. The van der Waals surface area contributed by atoms with Crippen LogP contribution in [0.5, 0.6) is 0 Å². The van der Waals surface area contributed by atoms with Gasteiger partial charge < -0.3 is 4.42 Å². The molecule has 2 aromatic carbocycles. The fourth-order valence-corrected chi connectivity index (χ4v) is 3.84. The molecule has 0 amide bonds. The predicted octanol–water partition coefficient (Wildman–Crippen LogP) is 3.83. The molecule has 0 unspecified atom stereocenters. The highest BCUT2D eigenvalue weighted by atomic mass is 32.2. The number of hydrogen-bond donors (Lipinski definition) is 0. The molecule has 0 spiro atoms. The summed E-state index contributed by atoms with van der Waals surface area (Å²) in [5.74, 6) is 0.795. The Balaban J connectivity index is 1.59. The van der Waals surface area contributed by atoms with Crippen molar-refractivity contribution < 1.29 is 12.8 Å². The molecule has 5 heteroatoms. The van der Waals surface area contributed by atoms with Crippen LogP contribution in [0.15, 0.2) is 65.1 Å².